The number of thiazole rings is 1. The molecule has 40 heavy (non-hydrogen) atoms. The van der Waals surface area contributed by atoms with Crippen LogP contribution in [0.3, 0.4) is 0 Å². The summed E-state index contributed by atoms with van der Waals surface area (Å²) in [4.78, 5) is 49.6. The summed E-state index contributed by atoms with van der Waals surface area (Å²) >= 11 is 1.46. The summed E-state index contributed by atoms with van der Waals surface area (Å²) in [5.41, 5.74) is 0.438. The number of carbonyl (C=O) groups is 3. The zero-order chi connectivity index (χ0) is 28.3. The van der Waals surface area contributed by atoms with Gasteiger partial charge in [0, 0.05) is 18.1 Å². The first kappa shape index (κ1) is 27.4. The Hall–Kier alpha value is -4.22. The number of aromatic nitrogens is 2. The first-order chi connectivity index (χ1) is 19.2. The maximum atomic E-state index is 14.3. The number of nitrogens with one attached hydrogen (secondary N) is 1. The van der Waals surface area contributed by atoms with Crippen molar-refractivity contribution in [2.75, 3.05) is 24.7 Å². The van der Waals surface area contributed by atoms with Gasteiger partial charge in [-0.1, -0.05) is 48.5 Å². The number of hydrogen-bond donors (Lipinski definition) is 1. The Morgan fingerprint density at radius 1 is 1.10 bits per heavy atom. The molecule has 4 aromatic rings. The van der Waals surface area contributed by atoms with Crippen LogP contribution in [0.2, 0.25) is 0 Å². The number of carbonyl (C=O) groups excluding carboxylic acids is 3. The summed E-state index contributed by atoms with van der Waals surface area (Å²) in [6.07, 6.45) is 2.93. The molecule has 208 valence electrons. The first-order valence-corrected chi connectivity index (χ1v) is 13.8. The fourth-order valence-electron chi connectivity index (χ4n) is 4.52. The molecule has 1 fully saturated rings. The van der Waals surface area contributed by atoms with Crippen molar-refractivity contribution in [3.63, 3.8) is 0 Å². The van der Waals surface area contributed by atoms with E-state index in [4.69, 9.17) is 9.47 Å². The highest BCUT2D eigenvalue weighted by molar-refractivity contribution is 7.15. The van der Waals surface area contributed by atoms with E-state index in [0.717, 1.165) is 4.96 Å². The SMILES string of the molecule is CC(C)(C)OC(=O)NC(C(=O)N1CCOCC1C(=O)N(c1ccccc1)c1cn2ccsc2n1)c1ccccc1. The summed E-state index contributed by atoms with van der Waals surface area (Å²) in [5, 5.41) is 4.64. The van der Waals surface area contributed by atoms with Gasteiger partial charge in [-0.25, -0.2) is 9.78 Å². The summed E-state index contributed by atoms with van der Waals surface area (Å²) < 4.78 is 13.0. The zero-order valence-corrected chi connectivity index (χ0v) is 23.3. The van der Waals surface area contributed by atoms with Crippen molar-refractivity contribution in [3.05, 3.63) is 84.0 Å². The Bertz CT molecular complexity index is 1450. The van der Waals surface area contributed by atoms with E-state index in [0.29, 0.717) is 17.1 Å². The van der Waals surface area contributed by atoms with Crippen LogP contribution in [0.15, 0.2) is 78.4 Å². The van der Waals surface area contributed by atoms with E-state index in [1.165, 1.54) is 21.1 Å². The summed E-state index contributed by atoms with van der Waals surface area (Å²) in [6.45, 7) is 5.69. The van der Waals surface area contributed by atoms with Gasteiger partial charge in [-0.2, -0.15) is 0 Å². The van der Waals surface area contributed by atoms with Crippen LogP contribution in [-0.4, -0.2) is 63.6 Å². The Kier molecular flexibility index (Phi) is 7.85. The zero-order valence-electron chi connectivity index (χ0n) is 22.5. The molecule has 1 N–H and O–H groups in total. The van der Waals surface area contributed by atoms with Crippen molar-refractivity contribution in [2.45, 2.75) is 38.5 Å². The molecule has 10 nitrogen and oxygen atoms in total. The van der Waals surface area contributed by atoms with Crippen LogP contribution in [0.5, 0.6) is 0 Å². The van der Waals surface area contributed by atoms with Crippen LogP contribution < -0.4 is 10.2 Å². The summed E-state index contributed by atoms with van der Waals surface area (Å²) in [5.74, 6) is -0.362. The van der Waals surface area contributed by atoms with Gasteiger partial charge in [0.25, 0.3) is 11.8 Å². The minimum absolute atomic E-state index is 0.00404. The molecular formula is C29H31N5O5S. The van der Waals surface area contributed by atoms with Crippen LogP contribution in [0, 0.1) is 0 Å². The van der Waals surface area contributed by atoms with E-state index in [-0.39, 0.29) is 25.7 Å². The van der Waals surface area contributed by atoms with Crippen LogP contribution in [0.25, 0.3) is 4.96 Å². The predicted molar refractivity (Wildman–Crippen MR) is 152 cm³/mol. The lowest BCUT2D eigenvalue weighted by atomic mass is 10.0. The largest absolute Gasteiger partial charge is 0.444 e. The molecule has 0 saturated carbocycles. The van der Waals surface area contributed by atoms with E-state index >= 15 is 0 Å². The maximum absolute atomic E-state index is 14.3. The Balaban J connectivity index is 1.48. The normalized spacial score (nSPS) is 16.4. The van der Waals surface area contributed by atoms with Crippen molar-refractivity contribution in [1.82, 2.24) is 19.6 Å². The number of anilines is 2. The van der Waals surface area contributed by atoms with Crippen LogP contribution in [-0.2, 0) is 19.1 Å². The predicted octanol–water partition coefficient (Wildman–Crippen LogP) is 4.55. The smallest absolute Gasteiger partial charge is 0.408 e. The molecule has 3 heterocycles. The first-order valence-electron chi connectivity index (χ1n) is 13.0. The third-order valence-electron chi connectivity index (χ3n) is 6.28. The number of hydrogen-bond acceptors (Lipinski definition) is 7. The third kappa shape index (κ3) is 6.00. The van der Waals surface area contributed by atoms with Crippen molar-refractivity contribution < 1.29 is 23.9 Å². The number of amides is 3. The molecule has 3 amide bonds. The van der Waals surface area contributed by atoms with Crippen molar-refractivity contribution in [3.8, 4) is 0 Å². The van der Waals surface area contributed by atoms with Gasteiger partial charge in [-0.05, 0) is 38.5 Å². The summed E-state index contributed by atoms with van der Waals surface area (Å²) in [6, 6.07) is 16.1. The monoisotopic (exact) mass is 561 g/mol. The molecule has 11 heteroatoms. The third-order valence-corrected chi connectivity index (χ3v) is 7.05. The molecule has 0 bridgehead atoms. The lowest BCUT2D eigenvalue weighted by Gasteiger charge is -2.38. The van der Waals surface area contributed by atoms with Gasteiger partial charge in [0.2, 0.25) is 0 Å². The average Bonchev–Trinajstić information content (AvgIpc) is 3.54. The molecule has 1 aliphatic heterocycles. The number of nitrogens with zero attached hydrogens (tertiary/aromatic N) is 4. The van der Waals surface area contributed by atoms with E-state index in [1.807, 2.05) is 52.4 Å². The highest BCUT2D eigenvalue weighted by Crippen LogP contribution is 2.29. The van der Waals surface area contributed by atoms with Crippen molar-refractivity contribution in [2.24, 2.45) is 0 Å². The van der Waals surface area contributed by atoms with E-state index in [2.05, 4.69) is 10.3 Å². The summed E-state index contributed by atoms with van der Waals surface area (Å²) in [7, 11) is 0. The Morgan fingerprint density at radius 2 is 1.80 bits per heavy atom. The van der Waals surface area contributed by atoms with Gasteiger partial charge in [0.1, 0.15) is 17.7 Å². The van der Waals surface area contributed by atoms with Crippen molar-refractivity contribution in [1.29, 1.82) is 0 Å². The fourth-order valence-corrected chi connectivity index (χ4v) is 5.21. The molecule has 2 unspecified atom stereocenters. The molecule has 2 aromatic carbocycles. The standard InChI is InChI=1S/C29H31N5O5S/c1-29(2,3)39-28(37)31-24(20-10-6-4-7-11-20)26(36)33-14-16-38-19-22(33)25(35)34(21-12-8-5-9-13-21)23-18-32-15-17-40-27(32)30-23/h4-13,15,17-18,22,24H,14,16,19H2,1-3H3,(H,31,37). The maximum Gasteiger partial charge on any atom is 0.408 e. The number of fused-ring (bicyclic) bond motifs is 1. The second-order valence-corrected chi connectivity index (χ2v) is 11.2. The second-order valence-electron chi connectivity index (χ2n) is 10.3. The van der Waals surface area contributed by atoms with Gasteiger partial charge in [-0.15, -0.1) is 11.3 Å². The average molecular weight is 562 g/mol. The van der Waals surface area contributed by atoms with Gasteiger partial charge >= 0.3 is 6.09 Å². The van der Waals surface area contributed by atoms with Gasteiger partial charge in [0.15, 0.2) is 10.8 Å². The molecule has 0 radical (unpaired) electrons. The highest BCUT2D eigenvalue weighted by Gasteiger charge is 2.40. The lowest BCUT2D eigenvalue weighted by molar-refractivity contribution is -0.148. The van der Waals surface area contributed by atoms with Crippen LogP contribution in [0.4, 0.5) is 16.3 Å². The molecule has 2 aromatic heterocycles. The lowest BCUT2D eigenvalue weighted by Crippen LogP contribution is -2.58. The minimum Gasteiger partial charge on any atom is -0.444 e. The van der Waals surface area contributed by atoms with E-state index in [1.54, 1.807) is 51.2 Å². The fraction of sp³-hybridized carbons (Fsp3) is 0.310. The second kappa shape index (κ2) is 11.5. The molecule has 0 aliphatic carbocycles. The topological polar surface area (TPSA) is 105 Å². The number of ether oxygens (including phenoxy) is 2. The molecule has 0 spiro atoms. The number of alkyl carbamates (subject to hydrolysis) is 1. The van der Waals surface area contributed by atoms with Gasteiger partial charge < -0.3 is 19.7 Å². The Morgan fingerprint density at radius 3 is 2.48 bits per heavy atom. The number of imidazole rings is 1. The quantitative estimate of drug-likeness (QED) is 0.370. The minimum atomic E-state index is -1.06. The molecule has 1 aliphatic rings. The van der Waals surface area contributed by atoms with E-state index < -0.39 is 29.7 Å². The number of rotatable bonds is 6. The van der Waals surface area contributed by atoms with Gasteiger partial charge in [-0.3, -0.25) is 18.9 Å². The highest BCUT2D eigenvalue weighted by atomic mass is 32.1. The number of benzene rings is 2. The molecular weight excluding hydrogens is 530 g/mol. The van der Waals surface area contributed by atoms with Gasteiger partial charge in [0.05, 0.1) is 25.1 Å². The Labute approximate surface area is 236 Å². The van der Waals surface area contributed by atoms with E-state index in [9.17, 15) is 14.4 Å². The molecule has 2 atom stereocenters. The molecule has 5 rings (SSSR count). The van der Waals surface area contributed by atoms with Crippen molar-refractivity contribution >= 4 is 45.7 Å². The molecule has 1 saturated heterocycles. The van der Waals surface area contributed by atoms with Crippen LogP contribution >= 0.6 is 11.3 Å². The number of morpholine rings is 1. The van der Waals surface area contributed by atoms with Crippen LogP contribution in [0.1, 0.15) is 32.4 Å². The number of para-hydroxylation sites is 1.